The summed E-state index contributed by atoms with van der Waals surface area (Å²) in [5.41, 5.74) is 2.83. The van der Waals surface area contributed by atoms with Crippen molar-refractivity contribution in [3.63, 3.8) is 0 Å². The molecule has 0 aliphatic carbocycles. The molecule has 1 aromatic heterocycles. The number of pyridine rings is 1. The third kappa shape index (κ3) is 5.58. The lowest BCUT2D eigenvalue weighted by atomic mass is 10.2. The molecule has 6 nitrogen and oxygen atoms in total. The molecule has 1 aromatic carbocycles. The summed E-state index contributed by atoms with van der Waals surface area (Å²) >= 11 is 0. The summed E-state index contributed by atoms with van der Waals surface area (Å²) in [5.74, 6) is -0.148. The first kappa shape index (κ1) is 19.4. The van der Waals surface area contributed by atoms with Crippen molar-refractivity contribution in [2.75, 3.05) is 23.7 Å². The van der Waals surface area contributed by atoms with Gasteiger partial charge >= 0.3 is 0 Å². The molecule has 0 atom stereocenters. The van der Waals surface area contributed by atoms with Crippen molar-refractivity contribution in [3.05, 3.63) is 48.3 Å². The molecule has 0 saturated heterocycles. The van der Waals surface area contributed by atoms with Crippen LogP contribution < -0.4 is 10.6 Å². The van der Waals surface area contributed by atoms with Crippen LogP contribution in [0.2, 0.25) is 0 Å². The second-order valence-corrected chi connectivity index (χ2v) is 6.11. The van der Waals surface area contributed by atoms with Crippen LogP contribution in [0.25, 0.3) is 0 Å². The zero-order valence-corrected chi connectivity index (χ0v) is 15.6. The molecule has 0 bridgehead atoms. The maximum Gasteiger partial charge on any atom is 0.272 e. The number of nitrogens with one attached hydrogen (secondary N) is 2. The highest BCUT2D eigenvalue weighted by Gasteiger charge is 2.15. The summed E-state index contributed by atoms with van der Waals surface area (Å²) in [7, 11) is 0. The summed E-state index contributed by atoms with van der Waals surface area (Å²) < 4.78 is 0. The van der Waals surface area contributed by atoms with E-state index in [2.05, 4.69) is 29.5 Å². The SMILES string of the molecule is CCCN(CCC)C(=O)c1cc(Nc2ccc(NC(C)=O)cc2)ccn1. The molecular formula is C20H26N4O2. The number of hydrogen-bond donors (Lipinski definition) is 2. The molecule has 26 heavy (non-hydrogen) atoms. The lowest BCUT2D eigenvalue weighted by Crippen LogP contribution is -2.33. The lowest BCUT2D eigenvalue weighted by Gasteiger charge is -2.21. The van der Waals surface area contributed by atoms with Crippen molar-refractivity contribution in [3.8, 4) is 0 Å². The number of rotatable bonds is 8. The van der Waals surface area contributed by atoms with Crippen LogP contribution in [0.5, 0.6) is 0 Å². The largest absolute Gasteiger partial charge is 0.355 e. The third-order valence-electron chi connectivity index (χ3n) is 3.75. The average molecular weight is 354 g/mol. The van der Waals surface area contributed by atoms with Crippen LogP contribution >= 0.6 is 0 Å². The highest BCUT2D eigenvalue weighted by molar-refractivity contribution is 5.93. The first-order valence-electron chi connectivity index (χ1n) is 8.93. The van der Waals surface area contributed by atoms with Gasteiger partial charge in [-0.2, -0.15) is 0 Å². The van der Waals surface area contributed by atoms with Crippen molar-refractivity contribution in [2.24, 2.45) is 0 Å². The Bertz CT molecular complexity index is 738. The van der Waals surface area contributed by atoms with Crippen LogP contribution in [-0.2, 0) is 4.79 Å². The van der Waals surface area contributed by atoms with Gasteiger partial charge in [0.1, 0.15) is 5.69 Å². The van der Waals surface area contributed by atoms with Crippen LogP contribution in [0.1, 0.15) is 44.1 Å². The summed E-state index contributed by atoms with van der Waals surface area (Å²) in [6, 6.07) is 11.0. The second-order valence-electron chi connectivity index (χ2n) is 6.11. The van der Waals surface area contributed by atoms with Gasteiger partial charge in [-0.15, -0.1) is 0 Å². The van der Waals surface area contributed by atoms with E-state index in [0.29, 0.717) is 5.69 Å². The Hall–Kier alpha value is -2.89. The number of aromatic nitrogens is 1. The molecule has 6 heteroatoms. The molecule has 0 aliphatic heterocycles. The molecule has 138 valence electrons. The molecule has 0 saturated carbocycles. The molecule has 0 fully saturated rings. The summed E-state index contributed by atoms with van der Waals surface area (Å²) in [6.45, 7) is 7.06. The van der Waals surface area contributed by atoms with Crippen LogP contribution in [0, 0.1) is 0 Å². The van der Waals surface area contributed by atoms with E-state index in [-0.39, 0.29) is 11.8 Å². The highest BCUT2D eigenvalue weighted by Crippen LogP contribution is 2.19. The number of anilines is 3. The molecule has 2 aromatic rings. The minimum atomic E-state index is -0.105. The average Bonchev–Trinajstić information content (AvgIpc) is 2.62. The molecule has 2 amide bonds. The van der Waals surface area contributed by atoms with Crippen molar-refractivity contribution in [1.82, 2.24) is 9.88 Å². The zero-order valence-electron chi connectivity index (χ0n) is 15.6. The van der Waals surface area contributed by atoms with Crippen molar-refractivity contribution in [2.45, 2.75) is 33.6 Å². The van der Waals surface area contributed by atoms with E-state index in [1.54, 1.807) is 12.3 Å². The predicted molar refractivity (Wildman–Crippen MR) is 105 cm³/mol. The fourth-order valence-corrected chi connectivity index (χ4v) is 2.65. The van der Waals surface area contributed by atoms with Gasteiger partial charge in [0.2, 0.25) is 5.91 Å². The molecular weight excluding hydrogens is 328 g/mol. The molecule has 0 aliphatic rings. The van der Waals surface area contributed by atoms with Gasteiger partial charge in [0.05, 0.1) is 0 Å². The molecule has 1 heterocycles. The smallest absolute Gasteiger partial charge is 0.272 e. The Balaban J connectivity index is 2.10. The Morgan fingerprint density at radius 2 is 1.58 bits per heavy atom. The van der Waals surface area contributed by atoms with Gasteiger partial charge < -0.3 is 15.5 Å². The Morgan fingerprint density at radius 1 is 0.962 bits per heavy atom. The molecule has 0 radical (unpaired) electrons. The Labute approximate surface area is 154 Å². The van der Waals surface area contributed by atoms with Crippen molar-refractivity contribution < 1.29 is 9.59 Å². The van der Waals surface area contributed by atoms with Gasteiger partial charge in [0.15, 0.2) is 0 Å². The first-order chi connectivity index (χ1) is 12.5. The van der Waals surface area contributed by atoms with Gasteiger partial charge in [-0.3, -0.25) is 14.6 Å². The van der Waals surface area contributed by atoms with Crippen LogP contribution in [0.3, 0.4) is 0 Å². The number of benzene rings is 1. The maximum atomic E-state index is 12.7. The molecule has 2 N–H and O–H groups in total. The fourth-order valence-electron chi connectivity index (χ4n) is 2.65. The zero-order chi connectivity index (χ0) is 18.9. The van der Waals surface area contributed by atoms with E-state index in [4.69, 9.17) is 0 Å². The van der Waals surface area contributed by atoms with E-state index < -0.39 is 0 Å². The number of carbonyl (C=O) groups excluding carboxylic acids is 2. The minimum absolute atomic E-state index is 0.0432. The van der Waals surface area contributed by atoms with Gasteiger partial charge in [-0.25, -0.2) is 0 Å². The normalized spacial score (nSPS) is 10.3. The van der Waals surface area contributed by atoms with E-state index >= 15 is 0 Å². The summed E-state index contributed by atoms with van der Waals surface area (Å²) in [5, 5.41) is 5.99. The fraction of sp³-hybridized carbons (Fsp3) is 0.350. The number of amides is 2. The van der Waals surface area contributed by atoms with Crippen LogP contribution in [0.15, 0.2) is 42.6 Å². The van der Waals surface area contributed by atoms with Crippen molar-refractivity contribution >= 4 is 28.9 Å². The van der Waals surface area contributed by atoms with E-state index in [9.17, 15) is 9.59 Å². The Kier molecular flexibility index (Phi) is 7.14. The van der Waals surface area contributed by atoms with Gasteiger partial charge in [0.25, 0.3) is 5.91 Å². The molecule has 0 spiro atoms. The third-order valence-corrected chi connectivity index (χ3v) is 3.75. The van der Waals surface area contributed by atoms with E-state index in [0.717, 1.165) is 43.0 Å². The number of carbonyl (C=O) groups is 2. The highest BCUT2D eigenvalue weighted by atomic mass is 16.2. The minimum Gasteiger partial charge on any atom is -0.355 e. The Morgan fingerprint density at radius 3 is 2.15 bits per heavy atom. The number of nitrogens with zero attached hydrogens (tertiary/aromatic N) is 2. The maximum absolute atomic E-state index is 12.7. The summed E-state index contributed by atoms with van der Waals surface area (Å²) in [6.07, 6.45) is 3.48. The molecule has 0 unspecified atom stereocenters. The summed E-state index contributed by atoms with van der Waals surface area (Å²) in [4.78, 5) is 29.8. The van der Waals surface area contributed by atoms with Gasteiger partial charge in [-0.05, 0) is 49.2 Å². The van der Waals surface area contributed by atoms with Gasteiger partial charge in [0, 0.05) is 43.3 Å². The topological polar surface area (TPSA) is 74.3 Å². The quantitative estimate of drug-likeness (QED) is 0.750. The molecule has 2 rings (SSSR count). The van der Waals surface area contributed by atoms with Crippen LogP contribution in [-0.4, -0.2) is 34.8 Å². The predicted octanol–water partition coefficient (Wildman–Crippen LogP) is 4.05. The first-order valence-corrected chi connectivity index (χ1v) is 8.93. The standard InChI is InChI=1S/C20H26N4O2/c1-4-12-24(13-5-2)20(26)19-14-18(10-11-21-19)23-17-8-6-16(7-9-17)22-15(3)25/h6-11,14H,4-5,12-13H2,1-3H3,(H,21,23)(H,22,25). The van der Waals surface area contributed by atoms with E-state index in [1.165, 1.54) is 6.92 Å². The van der Waals surface area contributed by atoms with Gasteiger partial charge in [-0.1, -0.05) is 13.8 Å². The van der Waals surface area contributed by atoms with E-state index in [1.807, 2.05) is 35.2 Å². The second kappa shape index (κ2) is 9.56. The van der Waals surface area contributed by atoms with Crippen LogP contribution in [0.4, 0.5) is 17.1 Å². The lowest BCUT2D eigenvalue weighted by molar-refractivity contribution is -0.114. The monoisotopic (exact) mass is 354 g/mol. The number of hydrogen-bond acceptors (Lipinski definition) is 4. The van der Waals surface area contributed by atoms with Crippen molar-refractivity contribution in [1.29, 1.82) is 0 Å².